The molecule has 0 atom stereocenters. The summed E-state index contributed by atoms with van der Waals surface area (Å²) in [7, 11) is -24.9. The topological polar surface area (TPSA) is 592 Å². The highest BCUT2D eigenvalue weighted by atomic mass is 32.2. The summed E-state index contributed by atoms with van der Waals surface area (Å²) in [6, 6.07) is 13.1. The van der Waals surface area contributed by atoms with Crippen molar-refractivity contribution in [3.8, 4) is 28.7 Å². The lowest BCUT2D eigenvalue weighted by Gasteiger charge is -2.15. The smallest absolute Gasteiger partial charge is 0.297 e. The van der Waals surface area contributed by atoms with Gasteiger partial charge in [-0.05, 0) is 84.2 Å². The third-order valence-electron chi connectivity index (χ3n) is 11.8. The zero-order valence-corrected chi connectivity index (χ0v) is 50.3. The molecule has 0 aliphatic rings. The van der Waals surface area contributed by atoms with E-state index in [9.17, 15) is 80.2 Å². The van der Waals surface area contributed by atoms with Crippen molar-refractivity contribution in [1.29, 1.82) is 0 Å². The SMILES string of the molecule is COc1ccc(N=Nc2c(S(=O)(=O)O)cc3c(S(=O)(=O)O)c(N=Nc4c(S(=O)(=O)O)cc5cc(SOOO)c(N=Nc6ccc7c(O)c(N=Nc8ccc(OC)cc8S(=O)(=O)O)c(SOOO)cc7c6S(=O)(=O)O)c(O)c5c4N)ccc3c2O)c(SOOO)c1. The van der Waals surface area contributed by atoms with Crippen molar-refractivity contribution >= 4 is 170 Å². The minimum Gasteiger partial charge on any atom is -0.505 e. The number of hydrogen-bond acceptors (Lipinski definition) is 36. The fourth-order valence-corrected chi connectivity index (χ4v) is 13.2. The van der Waals surface area contributed by atoms with Gasteiger partial charge in [-0.2, -0.15) is 42.1 Å². The summed E-state index contributed by atoms with van der Waals surface area (Å²) in [6.45, 7) is 0. The van der Waals surface area contributed by atoms with E-state index in [1.165, 1.54) is 38.5 Å². The minimum absolute atomic E-state index is 0.00191. The molecule has 0 heterocycles. The van der Waals surface area contributed by atoms with Gasteiger partial charge in [0.25, 0.3) is 50.6 Å². The van der Waals surface area contributed by atoms with Crippen molar-refractivity contribution in [2.45, 2.75) is 39.2 Å². The monoisotopic (exact) mass is 1410 g/mol. The number of phenols is 3. The second-order valence-electron chi connectivity index (χ2n) is 17.0. The molecule has 8 aromatic rings. The molecular formula is C44H33N9O29S8. The van der Waals surface area contributed by atoms with Crippen molar-refractivity contribution in [1.82, 2.24) is 0 Å². The number of methoxy groups -OCH3 is 2. The van der Waals surface area contributed by atoms with E-state index in [-0.39, 0.29) is 46.2 Å². The van der Waals surface area contributed by atoms with Gasteiger partial charge in [-0.3, -0.25) is 22.8 Å². The van der Waals surface area contributed by atoms with E-state index in [1.54, 1.807) is 0 Å². The van der Waals surface area contributed by atoms with Crippen LogP contribution in [0.3, 0.4) is 0 Å². The first kappa shape index (κ1) is 67.9. The average Bonchev–Trinajstić information content (AvgIpc) is 0.855. The van der Waals surface area contributed by atoms with Crippen LogP contribution in [0.25, 0.3) is 32.3 Å². The van der Waals surface area contributed by atoms with Gasteiger partial charge in [0, 0.05) is 27.6 Å². The van der Waals surface area contributed by atoms with Crippen LogP contribution in [0, 0.1) is 0 Å². The molecule has 0 unspecified atom stereocenters. The highest BCUT2D eigenvalue weighted by molar-refractivity contribution is 7.95. The lowest BCUT2D eigenvalue weighted by atomic mass is 10.0. The first-order chi connectivity index (χ1) is 42.3. The fraction of sp³-hybridized carbons (Fsp3) is 0.0455. The van der Waals surface area contributed by atoms with Crippen molar-refractivity contribution in [3.05, 3.63) is 84.9 Å². The number of phenolic OH excluding ortho intramolecular Hbond substituents is 3. The van der Waals surface area contributed by atoms with Gasteiger partial charge in [0.1, 0.15) is 81.5 Å². The summed E-state index contributed by atoms with van der Waals surface area (Å²) >= 11 is 0.380. The molecule has 0 fully saturated rings. The van der Waals surface area contributed by atoms with E-state index in [1.807, 2.05) is 0 Å². The number of azo groups is 4. The molecule has 0 spiro atoms. The summed E-state index contributed by atoms with van der Waals surface area (Å²) in [5, 5.41) is 98.9. The molecule has 38 nitrogen and oxygen atoms in total. The van der Waals surface area contributed by atoms with Crippen molar-refractivity contribution in [2.75, 3.05) is 20.0 Å². The van der Waals surface area contributed by atoms with Crippen molar-refractivity contribution < 1.29 is 134 Å². The minimum atomic E-state index is -5.71. The van der Waals surface area contributed by atoms with Crippen LogP contribution < -0.4 is 15.2 Å². The second-order valence-corrected chi connectivity index (χ2v) is 26.1. The first-order valence-electron chi connectivity index (χ1n) is 22.9. The number of nitrogens with two attached hydrogens (primary N) is 1. The maximum Gasteiger partial charge on any atom is 0.297 e. The Morgan fingerprint density at radius 1 is 0.389 bits per heavy atom. The van der Waals surface area contributed by atoms with Gasteiger partial charge < -0.3 is 30.5 Å². The quantitative estimate of drug-likeness (QED) is 0.00667. The molecule has 0 aliphatic heterocycles. The molecule has 0 aliphatic carbocycles. The largest absolute Gasteiger partial charge is 0.505 e. The first-order valence-corrected chi connectivity index (χ1v) is 32.3. The lowest BCUT2D eigenvalue weighted by molar-refractivity contribution is -0.432. The molecule has 90 heavy (non-hydrogen) atoms. The molecule has 476 valence electrons. The predicted octanol–water partition coefficient (Wildman–Crippen LogP) is 11.0. The third kappa shape index (κ3) is 14.4. The number of ether oxygens (including phenoxy) is 2. The average molecular weight is 1410 g/mol. The van der Waals surface area contributed by atoms with Crippen LogP contribution in [0.1, 0.15) is 0 Å². The van der Waals surface area contributed by atoms with Crippen LogP contribution in [0.4, 0.5) is 51.2 Å². The van der Waals surface area contributed by atoms with Gasteiger partial charge in [0.15, 0.2) is 17.2 Å². The second kappa shape index (κ2) is 26.8. The highest BCUT2D eigenvalue weighted by Crippen LogP contribution is 2.53. The molecule has 13 N–H and O–H groups in total. The molecule has 8 rings (SSSR count). The fourth-order valence-electron chi connectivity index (χ4n) is 8.14. The van der Waals surface area contributed by atoms with Gasteiger partial charge >= 0.3 is 0 Å². The Kier molecular flexibility index (Phi) is 20.2. The maximum atomic E-state index is 13.2. The Balaban J connectivity index is 1.29. The summed E-state index contributed by atoms with van der Waals surface area (Å²) in [5.41, 5.74) is -0.787. The van der Waals surface area contributed by atoms with E-state index < -0.39 is 180 Å². The molecule has 0 amide bonds. The van der Waals surface area contributed by atoms with Crippen molar-refractivity contribution in [3.63, 3.8) is 0 Å². The molecular weight excluding hydrogens is 1380 g/mol. The van der Waals surface area contributed by atoms with Gasteiger partial charge in [0.2, 0.25) is 0 Å². The molecule has 0 aromatic heterocycles. The Morgan fingerprint density at radius 3 is 1.29 bits per heavy atom. The van der Waals surface area contributed by atoms with Crippen LogP contribution in [0.5, 0.6) is 28.7 Å². The van der Waals surface area contributed by atoms with E-state index >= 15 is 0 Å². The number of aromatic hydroxyl groups is 3. The lowest BCUT2D eigenvalue weighted by Crippen LogP contribution is -2.03. The molecule has 0 saturated carbocycles. The number of nitrogen functional groups attached to an aromatic ring is 1. The zero-order valence-electron chi connectivity index (χ0n) is 43.8. The summed E-state index contributed by atoms with van der Waals surface area (Å²) < 4.78 is 204. The van der Waals surface area contributed by atoms with Gasteiger partial charge in [0.05, 0.1) is 76.1 Å². The molecule has 8 aromatic carbocycles. The van der Waals surface area contributed by atoms with Crippen molar-refractivity contribution in [2.24, 2.45) is 40.9 Å². The number of fused-ring (bicyclic) bond motifs is 3. The van der Waals surface area contributed by atoms with E-state index in [0.717, 1.165) is 42.5 Å². The van der Waals surface area contributed by atoms with Gasteiger partial charge in [-0.25, -0.2) is 15.8 Å². The van der Waals surface area contributed by atoms with Crippen LogP contribution in [0.2, 0.25) is 0 Å². The van der Waals surface area contributed by atoms with Gasteiger partial charge in [-0.15, -0.1) is 53.9 Å². The van der Waals surface area contributed by atoms with E-state index in [0.29, 0.717) is 30.2 Å². The number of anilines is 1. The third-order valence-corrected chi connectivity index (χ3v) is 18.2. The van der Waals surface area contributed by atoms with Crippen LogP contribution >= 0.6 is 36.1 Å². The molecule has 0 radical (unpaired) electrons. The number of benzene rings is 8. The maximum absolute atomic E-state index is 13.2. The molecule has 0 saturated heterocycles. The number of nitrogens with zero attached hydrogens (tertiary/aromatic N) is 8. The summed E-state index contributed by atoms with van der Waals surface area (Å²) in [4.78, 5) is -7.04. The van der Waals surface area contributed by atoms with Crippen LogP contribution in [0.15, 0.2) is 165 Å². The normalized spacial score (nSPS) is 13.0. The van der Waals surface area contributed by atoms with Crippen LogP contribution in [-0.2, 0) is 78.7 Å². The molecule has 0 bridgehead atoms. The number of rotatable bonds is 24. The van der Waals surface area contributed by atoms with E-state index in [2.05, 4.69) is 69.0 Å². The van der Waals surface area contributed by atoms with E-state index in [4.69, 9.17) is 31.0 Å². The highest BCUT2D eigenvalue weighted by Gasteiger charge is 2.31. The Bertz CT molecular complexity index is 4990. The van der Waals surface area contributed by atoms with Gasteiger partial charge in [-0.1, -0.05) is 15.1 Å². The standard InChI is InChI=1S/C44H33N9O29S8/c1-75-18-3-7-24(28(13-18)83-80-77-57)46-53-39-33(88(66,67)68)16-23-21(41(39)55)6-10-27(44(23)90(72,73)74)49-52-38-32(87(63,64)65)12-17-11-29(84-81-78-58)37(42(56)34(17)35(38)45)51-48-26-9-5-20-22(43(26)89(69,70)71)15-30(85-82-79-59)36(40(20)54)50-47-25-8-4-19(76-2)14-31(25)86(60,61)62/h3-16,54-59H,45H2,1-2H3,(H,60,61,62)(H,63,64,65)(H,66,67,68)(H,69,70,71)(H,72,73,74). The Labute approximate surface area is 514 Å². The summed E-state index contributed by atoms with van der Waals surface area (Å²) in [6.07, 6.45) is 0. The predicted molar refractivity (Wildman–Crippen MR) is 305 cm³/mol. The Hall–Kier alpha value is -8.02. The Morgan fingerprint density at radius 2 is 0.789 bits per heavy atom. The molecule has 46 heteroatoms. The zero-order chi connectivity index (χ0) is 66.0. The van der Waals surface area contributed by atoms with Crippen LogP contribution in [-0.4, -0.2) is 110 Å². The summed E-state index contributed by atoms with van der Waals surface area (Å²) in [5.74, 6) is -3.20. The number of hydrogen-bond donors (Lipinski definition) is 12.